The second-order valence-electron chi connectivity index (χ2n) is 30.7. The van der Waals surface area contributed by atoms with Crippen molar-refractivity contribution >= 4 is 149 Å². The van der Waals surface area contributed by atoms with E-state index < -0.39 is 0 Å². The maximum absolute atomic E-state index is 6.19. The summed E-state index contributed by atoms with van der Waals surface area (Å²) in [6, 6.07) is 110. The Morgan fingerprint density at radius 3 is 1.21 bits per heavy atom. The van der Waals surface area contributed by atoms with E-state index in [1.54, 1.807) is 33.6 Å². The third-order valence-corrected chi connectivity index (χ3v) is 28.3. The van der Waals surface area contributed by atoms with Gasteiger partial charge < -0.3 is 18.6 Å². The zero-order chi connectivity index (χ0) is 71.9. The van der Waals surface area contributed by atoms with Gasteiger partial charge in [-0.2, -0.15) is 0 Å². The SMILES string of the molecule is CC1(C)c2ccccc2C2C1c1ccccc1C2(C)C.CC1(C)c2ccccc2C2Oc3ccccc3C21.c1ccc2c(c1)OC1c3ccccc3OC21.c1ccc2c(c1)oc1cc3c(cc12)sc1ccccc13.c1ccc2c(c1)sc1c3sc4ccccc4c3c3ccccc3c21.c1ccc2sccc2c1. The molecule has 520 valence electrons. The van der Waals surface area contributed by atoms with Crippen LogP contribution < -0.4 is 14.2 Å². The van der Waals surface area contributed by atoms with Crippen LogP contribution in [0, 0.1) is 0 Å². The number of hydrogen-bond acceptors (Lipinski definition) is 8. The number of hydrogen-bond donors (Lipinski definition) is 0. The molecule has 8 heterocycles. The van der Waals surface area contributed by atoms with Gasteiger partial charge in [0.25, 0.3) is 0 Å². The summed E-state index contributed by atoms with van der Waals surface area (Å²) in [6.07, 6.45) is 0.274. The van der Waals surface area contributed by atoms with E-state index in [1.807, 2.05) is 82.5 Å². The smallest absolute Gasteiger partial charge is 0.168 e. The number of ether oxygens (including phenoxy) is 3. The number of benzene rings is 14. The van der Waals surface area contributed by atoms with Crippen LogP contribution in [0.2, 0.25) is 0 Å². The zero-order valence-corrected chi connectivity index (χ0v) is 63.5. The molecule has 0 amide bonds. The van der Waals surface area contributed by atoms with E-state index in [4.69, 9.17) is 18.6 Å². The fraction of sp³-hybridized carbons (Fsp3) is 0.152. The Labute approximate surface area is 638 Å². The number of para-hydroxylation sites is 4. The lowest BCUT2D eigenvalue weighted by molar-refractivity contribution is 0.123. The largest absolute Gasteiger partial charge is 0.485 e. The average molecular weight is 1460 g/mol. The highest BCUT2D eigenvalue weighted by molar-refractivity contribution is 7.34. The first kappa shape index (κ1) is 65.7. The standard InChI is InChI=1S/C22H12S2.C20H22.C18H10OS.C17H16O.C14H10O2.C8H6S/c1-2-8-14-13(7-1)19-15-9-3-5-11-17(15)23-21(19)22-20(14)16-10-4-6-12-18(16)24-22;1-19(2)15-11-7-5-9-13(15)18-17(19)14-10-6-8-12-16(14)20(18,3)4;1-3-7-15-11(5-1)13-10-18-14(9-16(13)19-15)12-6-2-4-8-17(12)20-18;1-17(2)13-9-5-3-7-11(13)16-15(17)12-8-4-6-10-14(12)18-16;1-3-7-11-9(5-1)13-14(15-11)10-6-2-4-8-12(10)16-13;1-2-4-8-7(3-1)5-6-9-8/h1-12H;5-12,17-18H,1-4H3;1-10H;3-10,15-16H,1-2H3;1-8,13-14H;1-6H. The summed E-state index contributed by atoms with van der Waals surface area (Å²) in [5, 5.41) is 16.8. The fourth-order valence-electron chi connectivity index (χ4n) is 18.9. The van der Waals surface area contributed by atoms with Gasteiger partial charge in [-0.1, -0.05) is 284 Å². The van der Waals surface area contributed by atoms with Crippen molar-refractivity contribution in [1.29, 1.82) is 0 Å². The summed E-state index contributed by atoms with van der Waals surface area (Å²) < 4.78 is 33.7. The summed E-state index contributed by atoms with van der Waals surface area (Å²) in [5.74, 6) is 4.65. The molecule has 0 spiro atoms. The van der Waals surface area contributed by atoms with Crippen LogP contribution in [0.3, 0.4) is 0 Å². The molecule has 0 N–H and O–H groups in total. The molecule has 14 aromatic carbocycles. The quantitative estimate of drug-likeness (QED) is 0.152. The van der Waals surface area contributed by atoms with Gasteiger partial charge in [0.1, 0.15) is 34.5 Å². The molecule has 0 saturated carbocycles. The van der Waals surface area contributed by atoms with Crippen molar-refractivity contribution in [3.05, 3.63) is 365 Å². The molecular formula is C99H76O4S4. The monoisotopic (exact) mass is 1460 g/mol. The average Bonchev–Trinajstić information content (AvgIpc) is 1.32. The zero-order valence-electron chi connectivity index (χ0n) is 60.3. The van der Waals surface area contributed by atoms with Gasteiger partial charge in [0.15, 0.2) is 12.2 Å². The van der Waals surface area contributed by atoms with Crippen LogP contribution in [0.4, 0.5) is 0 Å². The summed E-state index contributed by atoms with van der Waals surface area (Å²) in [4.78, 5) is 0. The van der Waals surface area contributed by atoms with E-state index in [-0.39, 0.29) is 34.6 Å². The second kappa shape index (κ2) is 25.7. The Morgan fingerprint density at radius 1 is 0.262 bits per heavy atom. The van der Waals surface area contributed by atoms with Gasteiger partial charge in [-0.15, -0.1) is 45.3 Å². The Hall–Kier alpha value is -10.8. The molecule has 4 nitrogen and oxygen atoms in total. The first-order chi connectivity index (χ1) is 52.4. The topological polar surface area (TPSA) is 40.8 Å². The van der Waals surface area contributed by atoms with Crippen molar-refractivity contribution in [3.8, 4) is 17.2 Å². The highest BCUT2D eigenvalue weighted by Gasteiger charge is 2.58. The Bertz CT molecular complexity index is 6350. The Balaban J connectivity index is 0.0000000862. The van der Waals surface area contributed by atoms with Gasteiger partial charge in [-0.25, -0.2) is 0 Å². The molecule has 107 heavy (non-hydrogen) atoms. The Morgan fingerprint density at radius 2 is 0.654 bits per heavy atom. The molecule has 0 bridgehead atoms. The third-order valence-electron chi connectivity index (χ3n) is 23.8. The normalized spacial score (nSPS) is 19.0. The van der Waals surface area contributed by atoms with Gasteiger partial charge in [-0.05, 0) is 132 Å². The predicted molar refractivity (Wildman–Crippen MR) is 454 cm³/mol. The molecule has 25 rings (SSSR count). The highest BCUT2D eigenvalue weighted by Crippen LogP contribution is 2.67. The maximum atomic E-state index is 6.19. The number of rotatable bonds is 0. The van der Waals surface area contributed by atoms with Crippen LogP contribution in [-0.4, -0.2) is 0 Å². The molecule has 6 atom stereocenters. The van der Waals surface area contributed by atoms with Crippen molar-refractivity contribution in [2.45, 2.75) is 93.9 Å². The molecule has 6 unspecified atom stereocenters. The summed E-state index contributed by atoms with van der Waals surface area (Å²) >= 11 is 7.50. The van der Waals surface area contributed by atoms with E-state index in [9.17, 15) is 0 Å². The molecule has 3 aliphatic carbocycles. The third kappa shape index (κ3) is 10.6. The van der Waals surface area contributed by atoms with Gasteiger partial charge in [0.2, 0.25) is 0 Å². The molecule has 0 fully saturated rings. The molecule has 0 radical (unpaired) electrons. The summed E-state index contributed by atoms with van der Waals surface area (Å²) in [7, 11) is 0. The fourth-order valence-corrected chi connectivity index (χ4v) is 23.4. The van der Waals surface area contributed by atoms with Crippen LogP contribution in [0.1, 0.15) is 128 Å². The van der Waals surface area contributed by atoms with Crippen LogP contribution in [-0.2, 0) is 16.2 Å². The molecule has 8 heteroatoms. The van der Waals surface area contributed by atoms with Crippen molar-refractivity contribution in [3.63, 3.8) is 0 Å². The molecule has 5 aromatic heterocycles. The summed E-state index contributed by atoms with van der Waals surface area (Å²) in [5.41, 5.74) is 15.3. The van der Waals surface area contributed by atoms with Crippen LogP contribution in [0.5, 0.6) is 17.2 Å². The molecule has 3 aliphatic heterocycles. The molecule has 0 saturated heterocycles. The predicted octanol–water partition coefficient (Wildman–Crippen LogP) is 29.0. The van der Waals surface area contributed by atoms with E-state index in [0.29, 0.717) is 17.8 Å². The van der Waals surface area contributed by atoms with E-state index >= 15 is 0 Å². The molecular weight excluding hydrogens is 1380 g/mol. The lowest BCUT2D eigenvalue weighted by Crippen LogP contribution is -2.25. The first-order valence-corrected chi connectivity index (χ1v) is 40.5. The lowest BCUT2D eigenvalue weighted by atomic mass is 9.72. The van der Waals surface area contributed by atoms with Crippen LogP contribution in [0.25, 0.3) is 103 Å². The van der Waals surface area contributed by atoms with Crippen molar-refractivity contribution in [2.75, 3.05) is 0 Å². The lowest BCUT2D eigenvalue weighted by Gasteiger charge is -2.31. The highest BCUT2D eigenvalue weighted by atomic mass is 32.1. The first-order valence-electron chi connectivity index (χ1n) is 37.2. The van der Waals surface area contributed by atoms with E-state index in [1.165, 1.54) is 109 Å². The molecule has 6 aliphatic rings. The number of furan rings is 1. The molecule has 19 aromatic rings. The van der Waals surface area contributed by atoms with Crippen molar-refractivity contribution < 1.29 is 18.6 Å². The van der Waals surface area contributed by atoms with E-state index in [0.717, 1.165) is 39.5 Å². The minimum absolute atomic E-state index is 0.0357. The second-order valence-corrected chi connectivity index (χ2v) is 34.9. The van der Waals surface area contributed by atoms with Gasteiger partial charge in [-0.3, -0.25) is 0 Å². The van der Waals surface area contributed by atoms with Crippen molar-refractivity contribution in [1.82, 2.24) is 0 Å². The Kier molecular flexibility index (Phi) is 15.8. The number of fused-ring (bicyclic) bond motifs is 32. The van der Waals surface area contributed by atoms with Gasteiger partial charge in [0, 0.05) is 106 Å². The minimum atomic E-state index is 0.0357. The maximum Gasteiger partial charge on any atom is 0.168 e. The van der Waals surface area contributed by atoms with Crippen LogP contribution in [0.15, 0.2) is 319 Å². The minimum Gasteiger partial charge on any atom is -0.485 e. The van der Waals surface area contributed by atoms with Gasteiger partial charge in [0.05, 0.1) is 9.40 Å². The number of thiophene rings is 4. The van der Waals surface area contributed by atoms with E-state index in [2.05, 4.69) is 308 Å². The van der Waals surface area contributed by atoms with Crippen LogP contribution >= 0.6 is 45.3 Å². The van der Waals surface area contributed by atoms with Crippen molar-refractivity contribution in [2.24, 2.45) is 0 Å². The summed E-state index contributed by atoms with van der Waals surface area (Å²) in [6.45, 7) is 14.4. The van der Waals surface area contributed by atoms with Gasteiger partial charge >= 0.3 is 0 Å².